The van der Waals surface area contributed by atoms with Crippen LogP contribution >= 0.6 is 12.2 Å². The number of likely N-dealkylation sites (N-methyl/N-ethyl adjacent to an activating group) is 1. The van der Waals surface area contributed by atoms with Crippen molar-refractivity contribution in [3.05, 3.63) is 35.4 Å². The Morgan fingerprint density at radius 3 is 2.42 bits per heavy atom. The molecule has 0 atom stereocenters. The number of aryl methyl sites for hydroxylation is 1. The summed E-state index contributed by atoms with van der Waals surface area (Å²) in [5, 5.41) is 3.35. The fraction of sp³-hybridized carbons (Fsp3) is 0.429. The summed E-state index contributed by atoms with van der Waals surface area (Å²) in [5.74, 6) is -0.128. The van der Waals surface area contributed by atoms with Crippen LogP contribution in [0.25, 0.3) is 0 Å². The normalized spacial score (nSPS) is 16.2. The number of thiocarbonyl (C=S) groups is 1. The molecule has 0 saturated carbocycles. The summed E-state index contributed by atoms with van der Waals surface area (Å²) in [7, 11) is 2.17. The van der Waals surface area contributed by atoms with Crippen molar-refractivity contribution < 1.29 is 9.69 Å². The number of hydrogen-bond acceptors (Lipinski definition) is 2. The molecule has 0 aromatic heterocycles. The van der Waals surface area contributed by atoms with Gasteiger partial charge >= 0.3 is 0 Å². The fourth-order valence-corrected chi connectivity index (χ4v) is 2.32. The minimum atomic E-state index is -0.128. The molecular weight excluding hydrogens is 258 g/mol. The van der Waals surface area contributed by atoms with E-state index in [1.165, 1.54) is 4.90 Å². The Labute approximate surface area is 119 Å². The molecule has 1 fully saturated rings. The number of carbonyl (C=O) groups is 1. The second-order valence-corrected chi connectivity index (χ2v) is 5.46. The average Bonchev–Trinajstić information content (AvgIpc) is 2.40. The van der Waals surface area contributed by atoms with Crippen LogP contribution in [0.2, 0.25) is 0 Å². The maximum atomic E-state index is 12.0. The Balaban J connectivity index is 1.91. The lowest BCUT2D eigenvalue weighted by Crippen LogP contribution is -3.12. The molecule has 1 aliphatic heterocycles. The smallest absolute Gasteiger partial charge is 0.257 e. The van der Waals surface area contributed by atoms with Crippen molar-refractivity contribution in [3.63, 3.8) is 0 Å². The molecule has 0 aliphatic carbocycles. The summed E-state index contributed by atoms with van der Waals surface area (Å²) >= 11 is 5.30. The van der Waals surface area contributed by atoms with Crippen LogP contribution in [-0.4, -0.2) is 49.1 Å². The summed E-state index contributed by atoms with van der Waals surface area (Å²) in [6, 6.07) is 7.50. The highest BCUT2D eigenvalue weighted by atomic mass is 32.1. The van der Waals surface area contributed by atoms with Gasteiger partial charge in [0.2, 0.25) is 0 Å². The highest BCUT2D eigenvalue weighted by Gasteiger charge is 2.20. The molecule has 1 aliphatic rings. The Hall–Kier alpha value is -1.46. The predicted molar refractivity (Wildman–Crippen MR) is 79.4 cm³/mol. The van der Waals surface area contributed by atoms with E-state index >= 15 is 0 Å². The van der Waals surface area contributed by atoms with Crippen molar-refractivity contribution in [2.24, 2.45) is 0 Å². The standard InChI is InChI=1S/C14H19N3OS/c1-11-3-5-12(6-4-11)13(18)15-14(19)17-9-7-16(2)8-10-17/h3-6H,7-10H2,1-2H3,(H,15,18,19)/p+1. The molecule has 0 radical (unpaired) electrons. The van der Waals surface area contributed by atoms with Crippen molar-refractivity contribution >= 4 is 23.2 Å². The second-order valence-electron chi connectivity index (χ2n) is 5.07. The van der Waals surface area contributed by atoms with E-state index in [4.69, 9.17) is 12.2 Å². The average molecular weight is 278 g/mol. The molecule has 1 aromatic rings. The van der Waals surface area contributed by atoms with Crippen LogP contribution in [0.5, 0.6) is 0 Å². The van der Waals surface area contributed by atoms with Gasteiger partial charge in [0.25, 0.3) is 5.91 Å². The Kier molecular flexibility index (Phi) is 4.50. The van der Waals surface area contributed by atoms with E-state index in [0.717, 1.165) is 31.7 Å². The van der Waals surface area contributed by atoms with E-state index < -0.39 is 0 Å². The van der Waals surface area contributed by atoms with E-state index in [0.29, 0.717) is 10.7 Å². The first-order chi connectivity index (χ1) is 9.06. The van der Waals surface area contributed by atoms with Crippen LogP contribution in [-0.2, 0) is 0 Å². The zero-order valence-electron chi connectivity index (χ0n) is 11.4. The molecule has 102 valence electrons. The third kappa shape index (κ3) is 3.75. The van der Waals surface area contributed by atoms with E-state index in [2.05, 4.69) is 17.3 Å². The molecule has 1 heterocycles. The summed E-state index contributed by atoms with van der Waals surface area (Å²) in [6.07, 6.45) is 0. The second kappa shape index (κ2) is 6.12. The Morgan fingerprint density at radius 2 is 1.84 bits per heavy atom. The van der Waals surface area contributed by atoms with E-state index in [1.54, 1.807) is 0 Å². The molecule has 1 aromatic carbocycles. The molecular formula is C14H20N3OS+. The van der Waals surface area contributed by atoms with Gasteiger partial charge < -0.3 is 9.80 Å². The van der Waals surface area contributed by atoms with Gasteiger partial charge in [0.05, 0.1) is 33.2 Å². The van der Waals surface area contributed by atoms with Crippen molar-refractivity contribution in [3.8, 4) is 0 Å². The van der Waals surface area contributed by atoms with Gasteiger partial charge in [-0.2, -0.15) is 0 Å². The zero-order chi connectivity index (χ0) is 13.8. The van der Waals surface area contributed by atoms with E-state index in [-0.39, 0.29) is 5.91 Å². The third-order valence-corrected chi connectivity index (χ3v) is 3.80. The van der Waals surface area contributed by atoms with Crippen LogP contribution in [0, 0.1) is 6.92 Å². The molecule has 0 spiro atoms. The quantitative estimate of drug-likeness (QED) is 0.701. The minimum Gasteiger partial charge on any atom is -0.338 e. The van der Waals surface area contributed by atoms with E-state index in [1.807, 2.05) is 31.2 Å². The predicted octanol–water partition coefficient (Wildman–Crippen LogP) is -0.160. The van der Waals surface area contributed by atoms with Gasteiger partial charge in [-0.25, -0.2) is 0 Å². The van der Waals surface area contributed by atoms with Gasteiger partial charge in [0.15, 0.2) is 5.11 Å². The Bertz CT molecular complexity index is 464. The van der Waals surface area contributed by atoms with Crippen LogP contribution in [0.1, 0.15) is 15.9 Å². The number of amides is 1. The summed E-state index contributed by atoms with van der Waals surface area (Å²) < 4.78 is 0. The number of nitrogens with zero attached hydrogens (tertiary/aromatic N) is 1. The zero-order valence-corrected chi connectivity index (χ0v) is 12.2. The molecule has 4 nitrogen and oxygen atoms in total. The monoisotopic (exact) mass is 278 g/mol. The molecule has 2 rings (SSSR count). The summed E-state index contributed by atoms with van der Waals surface area (Å²) in [6.45, 7) is 5.91. The number of nitrogens with one attached hydrogen (secondary N) is 2. The van der Waals surface area contributed by atoms with Gasteiger partial charge in [-0.05, 0) is 31.3 Å². The first-order valence-electron chi connectivity index (χ1n) is 6.54. The lowest BCUT2D eigenvalue weighted by Gasteiger charge is -2.31. The van der Waals surface area contributed by atoms with Crippen molar-refractivity contribution in [2.75, 3.05) is 33.2 Å². The number of hydrogen-bond donors (Lipinski definition) is 2. The first kappa shape index (κ1) is 14.0. The van der Waals surface area contributed by atoms with Crippen LogP contribution in [0.15, 0.2) is 24.3 Å². The number of benzene rings is 1. The number of rotatable bonds is 1. The van der Waals surface area contributed by atoms with Crippen LogP contribution in [0.3, 0.4) is 0 Å². The van der Waals surface area contributed by atoms with Crippen molar-refractivity contribution in [1.82, 2.24) is 10.2 Å². The number of quaternary nitrogens is 1. The molecule has 1 amide bonds. The van der Waals surface area contributed by atoms with Crippen LogP contribution < -0.4 is 10.2 Å². The summed E-state index contributed by atoms with van der Waals surface area (Å²) in [4.78, 5) is 15.6. The SMILES string of the molecule is Cc1ccc(C(=O)NC(=S)N2CC[NH+](C)CC2)cc1. The molecule has 0 unspecified atom stereocenters. The topological polar surface area (TPSA) is 36.8 Å². The van der Waals surface area contributed by atoms with Crippen molar-refractivity contribution in [1.29, 1.82) is 0 Å². The lowest BCUT2D eigenvalue weighted by atomic mass is 10.1. The molecule has 1 saturated heterocycles. The highest BCUT2D eigenvalue weighted by Crippen LogP contribution is 2.03. The van der Waals surface area contributed by atoms with Gasteiger partial charge in [-0.15, -0.1) is 0 Å². The Morgan fingerprint density at radius 1 is 1.26 bits per heavy atom. The fourth-order valence-electron chi connectivity index (χ4n) is 2.04. The van der Waals surface area contributed by atoms with Gasteiger partial charge in [0, 0.05) is 5.56 Å². The summed E-state index contributed by atoms with van der Waals surface area (Å²) in [5.41, 5.74) is 1.79. The van der Waals surface area contributed by atoms with Crippen molar-refractivity contribution in [2.45, 2.75) is 6.92 Å². The molecule has 0 bridgehead atoms. The van der Waals surface area contributed by atoms with Gasteiger partial charge in [-0.3, -0.25) is 10.1 Å². The van der Waals surface area contributed by atoms with Crippen LogP contribution in [0.4, 0.5) is 0 Å². The molecule has 5 heteroatoms. The number of piperazine rings is 1. The number of carbonyl (C=O) groups excluding carboxylic acids is 1. The minimum absolute atomic E-state index is 0.128. The molecule has 19 heavy (non-hydrogen) atoms. The first-order valence-corrected chi connectivity index (χ1v) is 6.95. The lowest BCUT2D eigenvalue weighted by molar-refractivity contribution is -0.883. The van der Waals surface area contributed by atoms with Gasteiger partial charge in [0.1, 0.15) is 0 Å². The maximum absolute atomic E-state index is 12.0. The largest absolute Gasteiger partial charge is 0.338 e. The van der Waals surface area contributed by atoms with E-state index in [9.17, 15) is 4.79 Å². The highest BCUT2D eigenvalue weighted by molar-refractivity contribution is 7.80. The van der Waals surface area contributed by atoms with Gasteiger partial charge in [-0.1, -0.05) is 17.7 Å². The maximum Gasteiger partial charge on any atom is 0.257 e. The third-order valence-electron chi connectivity index (χ3n) is 3.44. The molecule has 2 N–H and O–H groups in total.